The number of rotatable bonds is 6. The van der Waals surface area contributed by atoms with Gasteiger partial charge in [-0.1, -0.05) is 30.3 Å². The highest BCUT2D eigenvalue weighted by atomic mass is 19.1. The first kappa shape index (κ1) is 15.9. The molecule has 0 radical (unpaired) electrons. The van der Waals surface area contributed by atoms with E-state index >= 15 is 0 Å². The van der Waals surface area contributed by atoms with Crippen molar-refractivity contribution in [3.05, 3.63) is 89.8 Å². The second-order valence-electron chi connectivity index (χ2n) is 5.53. The molecule has 3 rings (SSSR count). The Kier molecular flexibility index (Phi) is 5.01. The van der Waals surface area contributed by atoms with E-state index in [1.54, 1.807) is 42.9 Å². The van der Waals surface area contributed by atoms with Crippen molar-refractivity contribution in [2.45, 2.75) is 13.0 Å². The number of aromatic nitrogens is 2. The van der Waals surface area contributed by atoms with Crippen LogP contribution >= 0.6 is 0 Å². The largest absolute Gasteiger partial charge is 0.352 e. The van der Waals surface area contributed by atoms with E-state index in [9.17, 15) is 9.18 Å². The molecule has 0 atom stereocenters. The lowest BCUT2D eigenvalue weighted by Gasteiger charge is -2.07. The normalized spacial score (nSPS) is 10.5. The fourth-order valence-electron chi connectivity index (χ4n) is 2.47. The summed E-state index contributed by atoms with van der Waals surface area (Å²) in [5.41, 5.74) is 2.29. The van der Waals surface area contributed by atoms with Gasteiger partial charge < -0.3 is 9.88 Å². The minimum Gasteiger partial charge on any atom is -0.352 e. The molecule has 0 saturated carbocycles. The van der Waals surface area contributed by atoms with Crippen LogP contribution in [0.3, 0.4) is 0 Å². The van der Waals surface area contributed by atoms with Gasteiger partial charge in [0.05, 0.1) is 6.33 Å². The first-order valence-corrected chi connectivity index (χ1v) is 7.78. The molecule has 1 amide bonds. The van der Waals surface area contributed by atoms with Crippen LogP contribution in [0.5, 0.6) is 0 Å². The molecule has 5 heteroatoms. The van der Waals surface area contributed by atoms with Gasteiger partial charge in [0.2, 0.25) is 0 Å². The zero-order valence-corrected chi connectivity index (χ0v) is 13.2. The summed E-state index contributed by atoms with van der Waals surface area (Å²) in [7, 11) is 0. The monoisotopic (exact) mass is 323 g/mol. The Balaban J connectivity index is 1.52. The lowest BCUT2D eigenvalue weighted by molar-refractivity contribution is 0.0954. The Morgan fingerprint density at radius 2 is 1.92 bits per heavy atom. The Morgan fingerprint density at radius 3 is 2.62 bits per heavy atom. The van der Waals surface area contributed by atoms with Crippen LogP contribution in [-0.2, 0) is 13.0 Å². The number of nitrogens with zero attached hydrogens (tertiary/aromatic N) is 2. The topological polar surface area (TPSA) is 46.9 Å². The summed E-state index contributed by atoms with van der Waals surface area (Å²) in [5.74, 6) is -0.392. The van der Waals surface area contributed by atoms with Crippen LogP contribution in [0.1, 0.15) is 21.5 Å². The average molecular weight is 323 g/mol. The molecular weight excluding hydrogens is 305 g/mol. The van der Waals surface area contributed by atoms with Crippen molar-refractivity contribution in [2.75, 3.05) is 6.54 Å². The van der Waals surface area contributed by atoms with Crippen LogP contribution in [-0.4, -0.2) is 22.0 Å². The molecule has 0 spiro atoms. The van der Waals surface area contributed by atoms with Gasteiger partial charge in [0.25, 0.3) is 5.91 Å². The van der Waals surface area contributed by atoms with Crippen molar-refractivity contribution in [1.82, 2.24) is 14.9 Å². The zero-order chi connectivity index (χ0) is 16.8. The molecule has 0 aliphatic heterocycles. The molecule has 0 saturated heterocycles. The summed E-state index contributed by atoms with van der Waals surface area (Å²) in [6.07, 6.45) is 5.85. The predicted molar refractivity (Wildman–Crippen MR) is 90.2 cm³/mol. The number of amides is 1. The number of hydrogen-bond acceptors (Lipinski definition) is 2. The van der Waals surface area contributed by atoms with Crippen LogP contribution in [0.25, 0.3) is 0 Å². The minimum atomic E-state index is -0.240. The molecule has 1 heterocycles. The van der Waals surface area contributed by atoms with Crippen molar-refractivity contribution in [3.63, 3.8) is 0 Å². The summed E-state index contributed by atoms with van der Waals surface area (Å²) in [5, 5.41) is 2.82. The highest BCUT2D eigenvalue weighted by molar-refractivity contribution is 5.94. The van der Waals surface area contributed by atoms with Gasteiger partial charge in [-0.3, -0.25) is 4.79 Å². The van der Waals surface area contributed by atoms with Crippen LogP contribution in [0.4, 0.5) is 4.39 Å². The number of hydrogen-bond donors (Lipinski definition) is 1. The van der Waals surface area contributed by atoms with Crippen molar-refractivity contribution in [3.8, 4) is 0 Å². The molecule has 0 aliphatic carbocycles. The third-order valence-corrected chi connectivity index (χ3v) is 3.78. The number of halogens is 1. The minimum absolute atomic E-state index is 0.152. The van der Waals surface area contributed by atoms with Gasteiger partial charge in [0.1, 0.15) is 5.82 Å². The summed E-state index contributed by atoms with van der Waals surface area (Å²) in [6, 6.07) is 14.0. The third-order valence-electron chi connectivity index (χ3n) is 3.78. The van der Waals surface area contributed by atoms with Crippen molar-refractivity contribution in [1.29, 1.82) is 0 Å². The number of carbonyl (C=O) groups is 1. The second kappa shape index (κ2) is 7.55. The maximum Gasteiger partial charge on any atom is 0.251 e. The molecule has 3 aromatic rings. The molecule has 1 aromatic heterocycles. The first-order valence-electron chi connectivity index (χ1n) is 7.78. The Bertz CT molecular complexity index is 798. The average Bonchev–Trinajstić information content (AvgIpc) is 3.10. The number of nitrogens with one attached hydrogen (secondary N) is 1. The summed E-state index contributed by atoms with van der Waals surface area (Å²) in [4.78, 5) is 16.1. The van der Waals surface area contributed by atoms with Crippen LogP contribution < -0.4 is 5.32 Å². The van der Waals surface area contributed by atoms with Crippen LogP contribution in [0.15, 0.2) is 67.3 Å². The SMILES string of the molecule is O=C(NCCc1ccccc1F)c1ccc(Cn2ccnc2)cc1. The van der Waals surface area contributed by atoms with E-state index in [1.165, 1.54) is 6.07 Å². The van der Waals surface area contributed by atoms with E-state index in [4.69, 9.17) is 0 Å². The molecule has 0 unspecified atom stereocenters. The van der Waals surface area contributed by atoms with E-state index in [-0.39, 0.29) is 11.7 Å². The third kappa shape index (κ3) is 4.07. The standard InChI is InChI=1S/C19H18FN3O/c20-18-4-2-1-3-16(18)9-10-22-19(24)17-7-5-15(6-8-17)13-23-12-11-21-14-23/h1-8,11-12,14H,9-10,13H2,(H,22,24). The second-order valence-corrected chi connectivity index (χ2v) is 5.53. The lowest BCUT2D eigenvalue weighted by atomic mass is 10.1. The van der Waals surface area contributed by atoms with Gasteiger partial charge in [0, 0.05) is 31.0 Å². The molecule has 24 heavy (non-hydrogen) atoms. The van der Waals surface area contributed by atoms with E-state index in [2.05, 4.69) is 10.3 Å². The Hall–Kier alpha value is -2.95. The van der Waals surface area contributed by atoms with Crippen molar-refractivity contribution < 1.29 is 9.18 Å². The van der Waals surface area contributed by atoms with Crippen molar-refractivity contribution in [2.24, 2.45) is 0 Å². The summed E-state index contributed by atoms with van der Waals surface area (Å²) >= 11 is 0. The number of imidazole rings is 1. The molecule has 0 bridgehead atoms. The van der Waals surface area contributed by atoms with E-state index in [0.717, 1.165) is 12.1 Å². The predicted octanol–water partition coefficient (Wildman–Crippen LogP) is 3.04. The fourth-order valence-corrected chi connectivity index (χ4v) is 2.47. The molecular formula is C19H18FN3O. The number of carbonyl (C=O) groups excluding carboxylic acids is 1. The molecule has 0 aliphatic rings. The van der Waals surface area contributed by atoms with E-state index < -0.39 is 0 Å². The number of benzene rings is 2. The maximum absolute atomic E-state index is 13.5. The fraction of sp³-hybridized carbons (Fsp3) is 0.158. The van der Waals surface area contributed by atoms with Crippen molar-refractivity contribution >= 4 is 5.91 Å². The molecule has 2 aromatic carbocycles. The summed E-state index contributed by atoms with van der Waals surface area (Å²) in [6.45, 7) is 1.12. The van der Waals surface area contributed by atoms with Gasteiger partial charge in [0.15, 0.2) is 0 Å². The van der Waals surface area contributed by atoms with Gasteiger partial charge in [-0.2, -0.15) is 0 Å². The highest BCUT2D eigenvalue weighted by Crippen LogP contribution is 2.08. The lowest BCUT2D eigenvalue weighted by Crippen LogP contribution is -2.25. The zero-order valence-electron chi connectivity index (χ0n) is 13.2. The van der Waals surface area contributed by atoms with Gasteiger partial charge >= 0.3 is 0 Å². The maximum atomic E-state index is 13.5. The van der Waals surface area contributed by atoms with Gasteiger partial charge in [-0.15, -0.1) is 0 Å². The first-order chi connectivity index (χ1) is 11.7. The molecule has 4 nitrogen and oxygen atoms in total. The highest BCUT2D eigenvalue weighted by Gasteiger charge is 2.06. The Labute approximate surface area is 140 Å². The summed E-state index contributed by atoms with van der Waals surface area (Å²) < 4.78 is 15.5. The van der Waals surface area contributed by atoms with Crippen LogP contribution in [0, 0.1) is 5.82 Å². The van der Waals surface area contributed by atoms with E-state index in [0.29, 0.717) is 24.1 Å². The van der Waals surface area contributed by atoms with Gasteiger partial charge in [-0.05, 0) is 35.7 Å². The smallest absolute Gasteiger partial charge is 0.251 e. The molecule has 1 N–H and O–H groups in total. The molecule has 0 fully saturated rings. The van der Waals surface area contributed by atoms with Crippen LogP contribution in [0.2, 0.25) is 0 Å². The van der Waals surface area contributed by atoms with E-state index in [1.807, 2.05) is 22.9 Å². The molecule has 122 valence electrons. The quantitative estimate of drug-likeness (QED) is 0.758. The Morgan fingerprint density at radius 1 is 1.12 bits per heavy atom. The van der Waals surface area contributed by atoms with Gasteiger partial charge in [-0.25, -0.2) is 9.37 Å².